The number of carbonyl (C=O) groups is 3. The smallest absolute Gasteiger partial charge is 0.341 e. The van der Waals surface area contributed by atoms with Crippen molar-refractivity contribution in [1.82, 2.24) is 0 Å². The van der Waals surface area contributed by atoms with Gasteiger partial charge in [0.2, 0.25) is 21.7 Å². The van der Waals surface area contributed by atoms with Gasteiger partial charge in [0.05, 0.1) is 29.5 Å². The molecule has 0 radical (unpaired) electrons. The lowest BCUT2D eigenvalue weighted by molar-refractivity contribution is -0.143. The summed E-state index contributed by atoms with van der Waals surface area (Å²) >= 11 is 0. The maximum Gasteiger partial charge on any atom is 0.341 e. The van der Waals surface area contributed by atoms with Crippen LogP contribution in [0.5, 0.6) is 5.75 Å². The molecule has 10 heteroatoms. The SMILES string of the molecule is COc1ccc(S(=O)(=O)C(F)F)cc1N1C(=O)[C@@H]2[C@H]3CC[C@H](C(=O)C3)[C@@H]2C1=O. The van der Waals surface area contributed by atoms with Gasteiger partial charge < -0.3 is 4.74 Å². The zero-order valence-electron chi connectivity index (χ0n) is 14.8. The predicted molar refractivity (Wildman–Crippen MR) is 91.5 cm³/mol. The molecule has 0 aromatic heterocycles. The quantitative estimate of drug-likeness (QED) is 0.698. The van der Waals surface area contributed by atoms with E-state index in [0.717, 1.165) is 23.1 Å². The first-order chi connectivity index (χ1) is 13.2. The van der Waals surface area contributed by atoms with E-state index >= 15 is 0 Å². The Kier molecular flexibility index (Phi) is 4.29. The van der Waals surface area contributed by atoms with Gasteiger partial charge in [0, 0.05) is 12.3 Å². The van der Waals surface area contributed by atoms with Gasteiger partial charge in [0.1, 0.15) is 11.5 Å². The van der Waals surface area contributed by atoms with Gasteiger partial charge in [-0.2, -0.15) is 8.78 Å². The number of halogens is 2. The topological polar surface area (TPSA) is 97.8 Å². The van der Waals surface area contributed by atoms with Crippen molar-refractivity contribution in [2.75, 3.05) is 12.0 Å². The van der Waals surface area contributed by atoms with Crippen molar-refractivity contribution in [2.24, 2.45) is 23.7 Å². The number of imide groups is 1. The molecule has 2 bridgehead atoms. The second-order valence-electron chi connectivity index (χ2n) is 7.32. The summed E-state index contributed by atoms with van der Waals surface area (Å²) < 4.78 is 54.7. The summed E-state index contributed by atoms with van der Waals surface area (Å²) in [6, 6.07) is 2.93. The fourth-order valence-corrected chi connectivity index (χ4v) is 5.49. The number of carbonyl (C=O) groups excluding carboxylic acids is 3. The summed E-state index contributed by atoms with van der Waals surface area (Å²) in [5.41, 5.74) is -0.194. The average molecular weight is 413 g/mol. The Morgan fingerprint density at radius 2 is 1.79 bits per heavy atom. The molecular formula is C18H17F2NO6S. The number of alkyl halides is 2. The highest BCUT2D eigenvalue weighted by molar-refractivity contribution is 7.91. The zero-order chi connectivity index (χ0) is 20.4. The Labute approximate surface area is 159 Å². The van der Waals surface area contributed by atoms with Gasteiger partial charge in [-0.3, -0.25) is 14.4 Å². The molecule has 28 heavy (non-hydrogen) atoms. The van der Waals surface area contributed by atoms with E-state index in [2.05, 4.69) is 0 Å². The number of nitrogens with zero attached hydrogens (tertiary/aromatic N) is 1. The van der Waals surface area contributed by atoms with Crippen LogP contribution < -0.4 is 9.64 Å². The third kappa shape index (κ3) is 2.50. The molecule has 7 nitrogen and oxygen atoms in total. The molecule has 5 rings (SSSR count). The minimum Gasteiger partial charge on any atom is -0.495 e. The lowest BCUT2D eigenvalue weighted by Crippen LogP contribution is -2.46. The van der Waals surface area contributed by atoms with Crippen molar-refractivity contribution < 1.29 is 36.3 Å². The predicted octanol–water partition coefficient (Wildman–Crippen LogP) is 1.80. The number of ketones is 1. The van der Waals surface area contributed by atoms with Crippen LogP contribution in [0.3, 0.4) is 0 Å². The van der Waals surface area contributed by atoms with Crippen molar-refractivity contribution in [3.63, 3.8) is 0 Å². The normalized spacial score (nSPS) is 29.6. The molecule has 3 aliphatic carbocycles. The van der Waals surface area contributed by atoms with E-state index in [1.54, 1.807) is 0 Å². The molecule has 3 saturated carbocycles. The first-order valence-corrected chi connectivity index (χ1v) is 10.3. The summed E-state index contributed by atoms with van der Waals surface area (Å²) in [7, 11) is -3.67. The van der Waals surface area contributed by atoms with Crippen LogP contribution in [0.15, 0.2) is 23.1 Å². The zero-order valence-corrected chi connectivity index (χ0v) is 15.6. The van der Waals surface area contributed by atoms with E-state index < -0.39 is 50.1 Å². The van der Waals surface area contributed by atoms with Crippen molar-refractivity contribution in [3.8, 4) is 5.75 Å². The molecule has 4 fully saturated rings. The van der Waals surface area contributed by atoms with Gasteiger partial charge in [0.15, 0.2) is 0 Å². The van der Waals surface area contributed by atoms with Gasteiger partial charge in [-0.15, -0.1) is 0 Å². The molecule has 4 atom stereocenters. The van der Waals surface area contributed by atoms with E-state index in [9.17, 15) is 31.6 Å². The van der Waals surface area contributed by atoms with Crippen LogP contribution in [0.1, 0.15) is 19.3 Å². The summed E-state index contributed by atoms with van der Waals surface area (Å²) in [4.78, 5) is 38.4. The molecule has 0 unspecified atom stereocenters. The maximum atomic E-state index is 13.1. The second kappa shape index (κ2) is 6.33. The summed E-state index contributed by atoms with van der Waals surface area (Å²) in [6.45, 7) is 0. The fourth-order valence-electron chi connectivity index (χ4n) is 4.75. The first kappa shape index (κ1) is 19.0. The van der Waals surface area contributed by atoms with Gasteiger partial charge in [-0.1, -0.05) is 0 Å². The number of amides is 2. The van der Waals surface area contributed by atoms with Crippen LogP contribution in [0, 0.1) is 23.7 Å². The highest BCUT2D eigenvalue weighted by Crippen LogP contribution is 2.53. The Morgan fingerprint density at radius 3 is 2.39 bits per heavy atom. The minimum atomic E-state index is -4.92. The van der Waals surface area contributed by atoms with E-state index in [4.69, 9.17) is 4.74 Å². The number of anilines is 1. The van der Waals surface area contributed by atoms with Gasteiger partial charge in [0.25, 0.3) is 0 Å². The van der Waals surface area contributed by atoms with Crippen molar-refractivity contribution >= 4 is 33.1 Å². The standard InChI is InChI=1S/C18H17F2NO6S/c1-27-13-5-3-9(28(25,26)18(19)20)7-11(13)21-16(23)14-8-2-4-10(12(22)6-8)15(14)17(21)24/h3,5,7-8,10,14-15,18H,2,4,6H2,1H3/t8-,10+,14+,15-/m0/s1. The molecule has 1 heterocycles. The molecule has 1 saturated heterocycles. The molecule has 1 aromatic carbocycles. The number of hydrogen-bond donors (Lipinski definition) is 0. The third-order valence-electron chi connectivity index (χ3n) is 6.02. The Balaban J connectivity index is 1.82. The molecule has 4 aliphatic rings. The monoisotopic (exact) mass is 413 g/mol. The second-order valence-corrected chi connectivity index (χ2v) is 9.23. The molecule has 1 aliphatic heterocycles. The number of hydrogen-bond acceptors (Lipinski definition) is 6. The molecular weight excluding hydrogens is 396 g/mol. The average Bonchev–Trinajstić information content (AvgIpc) is 2.93. The summed E-state index contributed by atoms with van der Waals surface area (Å²) in [6.07, 6.45) is 1.45. The first-order valence-electron chi connectivity index (χ1n) is 8.79. The third-order valence-corrected chi connectivity index (χ3v) is 7.40. The van der Waals surface area contributed by atoms with Crippen LogP contribution >= 0.6 is 0 Å². The van der Waals surface area contributed by atoms with E-state index in [0.29, 0.717) is 12.8 Å². The number of ether oxygens (including phenoxy) is 1. The van der Waals surface area contributed by atoms with Crippen molar-refractivity contribution in [3.05, 3.63) is 18.2 Å². The van der Waals surface area contributed by atoms with Crippen LogP contribution in [0.25, 0.3) is 0 Å². The Hall–Kier alpha value is -2.36. The molecule has 1 aromatic rings. The van der Waals surface area contributed by atoms with Gasteiger partial charge in [-0.25, -0.2) is 13.3 Å². The molecule has 0 spiro atoms. The summed E-state index contributed by atoms with van der Waals surface area (Å²) in [5.74, 6) is -7.02. The van der Waals surface area contributed by atoms with E-state index in [1.807, 2.05) is 0 Å². The van der Waals surface area contributed by atoms with Gasteiger partial charge in [-0.05, 0) is 37.0 Å². The van der Waals surface area contributed by atoms with E-state index in [1.165, 1.54) is 7.11 Å². The number of Topliss-reactive ketones (excluding diaryl/α,β-unsaturated/α-hetero) is 1. The van der Waals surface area contributed by atoms with Crippen LogP contribution in [0.2, 0.25) is 0 Å². The number of benzene rings is 1. The van der Waals surface area contributed by atoms with Crippen molar-refractivity contribution in [1.29, 1.82) is 0 Å². The van der Waals surface area contributed by atoms with E-state index in [-0.39, 0.29) is 29.6 Å². The number of sulfone groups is 1. The number of rotatable bonds is 4. The molecule has 150 valence electrons. The molecule has 2 amide bonds. The Morgan fingerprint density at radius 1 is 1.11 bits per heavy atom. The lowest BCUT2D eigenvalue weighted by Gasteiger charge is -2.41. The maximum absolute atomic E-state index is 13.1. The van der Waals surface area contributed by atoms with Crippen LogP contribution in [-0.4, -0.2) is 38.9 Å². The molecule has 0 N–H and O–H groups in total. The Bertz CT molecular complexity index is 992. The summed E-state index contributed by atoms with van der Waals surface area (Å²) in [5, 5.41) is 0. The van der Waals surface area contributed by atoms with Crippen LogP contribution in [-0.2, 0) is 24.2 Å². The van der Waals surface area contributed by atoms with Crippen molar-refractivity contribution in [2.45, 2.75) is 29.9 Å². The number of fused-ring (bicyclic) bond motifs is 2. The minimum absolute atomic E-state index is 0.00670. The largest absolute Gasteiger partial charge is 0.495 e. The van der Waals surface area contributed by atoms with Gasteiger partial charge >= 0.3 is 5.76 Å². The fraction of sp³-hybridized carbons (Fsp3) is 0.500. The lowest BCUT2D eigenvalue weighted by atomic mass is 9.59. The highest BCUT2D eigenvalue weighted by Gasteiger charge is 2.61. The van der Waals surface area contributed by atoms with Crippen LogP contribution in [0.4, 0.5) is 14.5 Å². The highest BCUT2D eigenvalue weighted by atomic mass is 32.2. The number of methoxy groups -OCH3 is 1.